The molecule has 0 aliphatic heterocycles. The van der Waals surface area contributed by atoms with Gasteiger partial charge in [-0.2, -0.15) is 0 Å². The molecule has 0 bridgehead atoms. The van der Waals surface area contributed by atoms with Crippen LogP contribution in [0.1, 0.15) is 66.2 Å². The van der Waals surface area contributed by atoms with Gasteiger partial charge < -0.3 is 20.0 Å². The Morgan fingerprint density at radius 1 is 0.947 bits per heavy atom. The third-order valence-electron chi connectivity index (χ3n) is 3.78. The number of carbonyl (C=O) groups is 2. The second kappa shape index (κ2) is 23.1. The zero-order valence-electron chi connectivity index (χ0n) is 21.9. The molecule has 0 aliphatic rings. The zero-order valence-corrected chi connectivity index (χ0v) is 28.3. The largest absolute Gasteiger partial charge is 0.462 e. The molecular formula is C22H32Br4N6O6. The molecule has 0 amide bonds. The van der Waals surface area contributed by atoms with Crippen LogP contribution in [-0.2, 0) is 14.3 Å². The normalized spacial score (nSPS) is 9.58. The average molecular weight is 796 g/mol. The highest BCUT2D eigenvalue weighted by atomic mass is 80.0. The molecule has 2 aromatic heterocycles. The van der Waals surface area contributed by atoms with Crippen molar-refractivity contribution in [3.05, 3.63) is 44.5 Å². The molecule has 2 aromatic rings. The van der Waals surface area contributed by atoms with Gasteiger partial charge in [0.1, 0.15) is 9.25 Å². The van der Waals surface area contributed by atoms with Crippen molar-refractivity contribution in [3.8, 4) is 0 Å². The number of esters is 2. The summed E-state index contributed by atoms with van der Waals surface area (Å²) < 4.78 is 10.3. The number of nitrogen functional groups attached to an aromatic ring is 1. The van der Waals surface area contributed by atoms with E-state index in [9.17, 15) is 14.5 Å². The molecule has 0 saturated heterocycles. The maximum absolute atomic E-state index is 11.3. The van der Waals surface area contributed by atoms with E-state index in [1.807, 2.05) is 0 Å². The molecule has 0 atom stereocenters. The van der Waals surface area contributed by atoms with Gasteiger partial charge in [0.15, 0.2) is 10.1 Å². The minimum Gasteiger partial charge on any atom is -0.462 e. The summed E-state index contributed by atoms with van der Waals surface area (Å²) in [4.78, 5) is 51.4. The molecule has 0 aromatic carbocycles. The second-order valence-electron chi connectivity index (χ2n) is 7.14. The van der Waals surface area contributed by atoms with Gasteiger partial charge in [0, 0.05) is 12.4 Å². The topological polar surface area (TPSA) is 169 Å². The van der Waals surface area contributed by atoms with E-state index in [0.29, 0.717) is 53.0 Å². The van der Waals surface area contributed by atoms with E-state index < -0.39 is 5.97 Å². The Balaban J connectivity index is 0. The van der Waals surface area contributed by atoms with E-state index in [0.717, 1.165) is 6.42 Å². The standard InChI is InChI=1S/C8H9BrN2O2.C8H11N3O2.C5H11NO2.CHBr3/c2*1-3-13-7(12)6-4-10-8(9)11-5(6)2;1-5(2)3-4-8-6-7;2-1(3)4/h4H,3H2,1-2H3;4H,3H2,1-2H3,(H2,9,10,11);5H,3-4H2,1-2H3;1H. The van der Waals surface area contributed by atoms with Gasteiger partial charge in [-0.05, 0) is 56.0 Å². The molecule has 0 spiro atoms. The van der Waals surface area contributed by atoms with Gasteiger partial charge in [-0.15, -0.1) is 4.91 Å². The average Bonchev–Trinajstić information content (AvgIpc) is 2.80. The number of nitrogens with two attached hydrogens (primary N) is 1. The Hall–Kier alpha value is -1.78. The second-order valence-corrected chi connectivity index (χ2v) is 14.3. The highest BCUT2D eigenvalue weighted by Gasteiger charge is 2.12. The predicted molar refractivity (Wildman–Crippen MR) is 159 cm³/mol. The van der Waals surface area contributed by atoms with Crippen LogP contribution in [0.5, 0.6) is 0 Å². The lowest BCUT2D eigenvalue weighted by Crippen LogP contribution is -2.09. The summed E-state index contributed by atoms with van der Waals surface area (Å²) in [7, 11) is 0. The number of aromatic nitrogens is 4. The molecule has 0 fully saturated rings. The summed E-state index contributed by atoms with van der Waals surface area (Å²) in [5.41, 5.74) is 7.24. The quantitative estimate of drug-likeness (QED) is 0.0778. The molecule has 0 unspecified atom stereocenters. The first-order chi connectivity index (χ1) is 17.8. The van der Waals surface area contributed by atoms with Crippen LogP contribution in [-0.4, -0.2) is 54.3 Å². The molecule has 0 aliphatic carbocycles. The van der Waals surface area contributed by atoms with Crippen LogP contribution in [0.3, 0.4) is 0 Å². The van der Waals surface area contributed by atoms with E-state index in [-0.39, 0.29) is 14.6 Å². The van der Waals surface area contributed by atoms with E-state index in [1.165, 1.54) is 12.4 Å². The van der Waals surface area contributed by atoms with Crippen molar-refractivity contribution in [2.24, 2.45) is 11.3 Å². The fourth-order valence-corrected chi connectivity index (χ4v) is 2.44. The molecule has 2 N–H and O–H groups in total. The summed E-state index contributed by atoms with van der Waals surface area (Å²) in [5.74, 6) is -0.0604. The Labute approximate surface area is 256 Å². The smallest absolute Gasteiger partial charge is 0.341 e. The summed E-state index contributed by atoms with van der Waals surface area (Å²) in [6, 6.07) is 0. The Bertz CT molecular complexity index is 917. The minimum atomic E-state index is -0.417. The molecule has 16 heteroatoms. The highest BCUT2D eigenvalue weighted by Crippen LogP contribution is 2.13. The van der Waals surface area contributed by atoms with E-state index in [2.05, 4.69) is 108 Å². The number of hydrogen-bond donors (Lipinski definition) is 1. The number of carbonyl (C=O) groups excluding carboxylic acids is 2. The molecule has 38 heavy (non-hydrogen) atoms. The monoisotopic (exact) mass is 792 g/mol. The third-order valence-corrected chi connectivity index (χ3v) is 4.16. The predicted octanol–water partition coefficient (Wildman–Crippen LogP) is 6.45. The van der Waals surface area contributed by atoms with Crippen LogP contribution < -0.4 is 5.73 Å². The molecule has 214 valence electrons. The first kappa shape index (κ1) is 38.4. The lowest BCUT2D eigenvalue weighted by molar-refractivity contribution is 0.0514. The summed E-state index contributed by atoms with van der Waals surface area (Å²) >= 11 is 12.4. The van der Waals surface area contributed by atoms with Crippen LogP contribution in [0.25, 0.3) is 0 Å². The van der Waals surface area contributed by atoms with Gasteiger partial charge in [-0.25, -0.2) is 29.5 Å². The number of anilines is 1. The van der Waals surface area contributed by atoms with Crippen molar-refractivity contribution >= 4 is 81.6 Å². The fraction of sp³-hybridized carbons (Fsp3) is 0.545. The summed E-state index contributed by atoms with van der Waals surface area (Å²) in [6.45, 7) is 12.2. The lowest BCUT2D eigenvalue weighted by Gasteiger charge is -2.03. The molecule has 2 heterocycles. The zero-order chi connectivity index (χ0) is 29.7. The fourth-order valence-electron chi connectivity index (χ4n) is 2.07. The lowest BCUT2D eigenvalue weighted by atomic mass is 10.1. The maximum Gasteiger partial charge on any atom is 0.341 e. The minimum absolute atomic E-state index is 0.158. The Morgan fingerprint density at radius 2 is 1.39 bits per heavy atom. The summed E-state index contributed by atoms with van der Waals surface area (Å²) in [6.07, 6.45) is 3.71. The van der Waals surface area contributed by atoms with Crippen LogP contribution in [0.2, 0.25) is 0 Å². The van der Waals surface area contributed by atoms with E-state index in [4.69, 9.17) is 15.2 Å². The Kier molecular flexibility index (Phi) is 23.4. The Morgan fingerprint density at radius 3 is 1.76 bits per heavy atom. The molecule has 0 radical (unpaired) electrons. The SMILES string of the molecule is BrC(Br)Br.CC(C)CCON=O.CCOC(=O)c1cnc(Br)nc1C.CCOC(=O)c1cnc(N)nc1C. The third kappa shape index (κ3) is 20.2. The van der Waals surface area contributed by atoms with Crippen molar-refractivity contribution in [3.63, 3.8) is 0 Å². The van der Waals surface area contributed by atoms with Crippen molar-refractivity contribution in [1.82, 2.24) is 19.9 Å². The highest BCUT2D eigenvalue weighted by molar-refractivity contribution is 9.38. The van der Waals surface area contributed by atoms with Crippen LogP contribution >= 0.6 is 63.7 Å². The molecular weight excluding hydrogens is 764 g/mol. The molecule has 2 rings (SSSR count). The van der Waals surface area contributed by atoms with Gasteiger partial charge in [0.25, 0.3) is 0 Å². The number of rotatable bonds is 8. The number of ether oxygens (including phenoxy) is 2. The molecule has 0 saturated carbocycles. The number of halogens is 4. The van der Waals surface area contributed by atoms with Gasteiger partial charge in [0.05, 0.1) is 35.7 Å². The van der Waals surface area contributed by atoms with E-state index >= 15 is 0 Å². The summed E-state index contributed by atoms with van der Waals surface area (Å²) in [5, 5.41) is 2.26. The van der Waals surface area contributed by atoms with Gasteiger partial charge in [0.2, 0.25) is 5.95 Å². The number of alkyl halides is 3. The number of hydrogen-bond acceptors (Lipinski definition) is 12. The van der Waals surface area contributed by atoms with Crippen LogP contribution in [0.4, 0.5) is 5.95 Å². The van der Waals surface area contributed by atoms with Gasteiger partial charge in [-0.1, -0.05) is 61.6 Å². The first-order valence-electron chi connectivity index (χ1n) is 11.1. The van der Waals surface area contributed by atoms with Crippen LogP contribution in [0.15, 0.2) is 22.5 Å². The van der Waals surface area contributed by atoms with Gasteiger partial charge in [-0.3, -0.25) is 0 Å². The van der Waals surface area contributed by atoms with Crippen LogP contribution in [0, 0.1) is 24.7 Å². The molecule has 12 nitrogen and oxygen atoms in total. The first-order valence-corrected chi connectivity index (χ1v) is 14.6. The maximum atomic E-state index is 11.3. The number of nitrogens with zero attached hydrogens (tertiary/aromatic N) is 5. The van der Waals surface area contributed by atoms with Crippen molar-refractivity contribution in [2.75, 3.05) is 25.6 Å². The van der Waals surface area contributed by atoms with Gasteiger partial charge >= 0.3 is 11.9 Å². The van der Waals surface area contributed by atoms with Crippen molar-refractivity contribution in [2.45, 2.75) is 50.6 Å². The van der Waals surface area contributed by atoms with E-state index in [1.54, 1.807) is 27.7 Å². The van der Waals surface area contributed by atoms with Crippen molar-refractivity contribution in [1.29, 1.82) is 0 Å². The van der Waals surface area contributed by atoms with Crippen molar-refractivity contribution < 1.29 is 23.9 Å². The number of aryl methyl sites for hydroxylation is 2.